The highest BCUT2D eigenvalue weighted by molar-refractivity contribution is 8.00. The third-order valence-corrected chi connectivity index (χ3v) is 4.84. The Morgan fingerprint density at radius 2 is 2.00 bits per heavy atom. The molecule has 1 aliphatic heterocycles. The van der Waals surface area contributed by atoms with Crippen molar-refractivity contribution in [3.8, 4) is 0 Å². The smallest absolute Gasteiger partial charge is 0.353 e. The van der Waals surface area contributed by atoms with E-state index in [9.17, 15) is 22.4 Å². The molecule has 1 saturated heterocycles. The van der Waals surface area contributed by atoms with Gasteiger partial charge in [-0.1, -0.05) is 17.7 Å². The molecule has 1 unspecified atom stereocenters. The zero-order chi connectivity index (χ0) is 17.7. The maximum absolute atomic E-state index is 14.2. The van der Waals surface area contributed by atoms with Crippen LogP contribution in [0.2, 0.25) is 5.02 Å². The molecule has 0 saturated carbocycles. The molecule has 2 rings (SSSR count). The third kappa shape index (κ3) is 5.53. The molecule has 1 heterocycles. The Bertz CT molecular complexity index is 559. The van der Waals surface area contributed by atoms with Crippen molar-refractivity contribution in [2.75, 3.05) is 25.4 Å². The van der Waals surface area contributed by atoms with Crippen molar-refractivity contribution < 1.29 is 22.4 Å². The summed E-state index contributed by atoms with van der Waals surface area (Å²) in [5.74, 6) is -1.95. The lowest BCUT2D eigenvalue weighted by Crippen LogP contribution is -2.38. The fourth-order valence-corrected chi connectivity index (χ4v) is 3.39. The van der Waals surface area contributed by atoms with E-state index in [1.807, 2.05) is 4.90 Å². The SMILES string of the molecule is O=C(CSC(F)(F)F)NCC(c1c(F)cccc1Cl)N1CCCC1. The van der Waals surface area contributed by atoms with Gasteiger partial charge in [-0.15, -0.1) is 0 Å². The van der Waals surface area contributed by atoms with Crippen molar-refractivity contribution in [2.45, 2.75) is 24.4 Å². The summed E-state index contributed by atoms with van der Waals surface area (Å²) in [6, 6.07) is 3.83. The summed E-state index contributed by atoms with van der Waals surface area (Å²) in [4.78, 5) is 13.6. The molecule has 1 atom stereocenters. The quantitative estimate of drug-likeness (QED) is 0.753. The van der Waals surface area contributed by atoms with E-state index in [-0.39, 0.29) is 17.1 Å². The molecule has 0 radical (unpaired) electrons. The minimum Gasteiger partial charge on any atom is -0.353 e. The number of benzene rings is 1. The molecule has 1 fully saturated rings. The second kappa shape index (κ2) is 8.40. The lowest BCUT2D eigenvalue weighted by atomic mass is 10.0. The molecule has 24 heavy (non-hydrogen) atoms. The van der Waals surface area contributed by atoms with Gasteiger partial charge in [0.15, 0.2) is 0 Å². The molecule has 1 aromatic rings. The van der Waals surface area contributed by atoms with Gasteiger partial charge < -0.3 is 5.32 Å². The number of carbonyl (C=O) groups excluding carboxylic acids is 1. The summed E-state index contributed by atoms with van der Waals surface area (Å²) in [5, 5.41) is 2.70. The first-order valence-electron chi connectivity index (χ1n) is 7.43. The Hall–Kier alpha value is -0.990. The van der Waals surface area contributed by atoms with Crippen LogP contribution in [0.4, 0.5) is 17.6 Å². The summed E-state index contributed by atoms with van der Waals surface area (Å²) < 4.78 is 50.6. The number of hydrogen-bond acceptors (Lipinski definition) is 3. The van der Waals surface area contributed by atoms with Crippen LogP contribution < -0.4 is 5.32 Å². The first kappa shape index (κ1) is 19.3. The van der Waals surface area contributed by atoms with Gasteiger partial charge in [0.1, 0.15) is 5.82 Å². The van der Waals surface area contributed by atoms with Gasteiger partial charge in [0.25, 0.3) is 0 Å². The van der Waals surface area contributed by atoms with Gasteiger partial charge in [-0.05, 0) is 49.8 Å². The minimum atomic E-state index is -4.46. The standard InChI is InChI=1S/C15H17ClF4N2OS/c16-10-4-3-5-11(17)14(10)12(22-6-1-2-7-22)8-21-13(23)9-24-15(18,19)20/h3-5,12H,1-2,6-9H2,(H,21,23). The minimum absolute atomic E-state index is 0.0118. The fraction of sp³-hybridized carbons (Fsp3) is 0.533. The molecular weight excluding hydrogens is 368 g/mol. The van der Waals surface area contributed by atoms with E-state index in [4.69, 9.17) is 11.6 Å². The number of thioether (sulfide) groups is 1. The molecule has 3 nitrogen and oxygen atoms in total. The summed E-state index contributed by atoms with van der Waals surface area (Å²) in [6.07, 6.45) is 1.89. The van der Waals surface area contributed by atoms with Crippen LogP contribution in [0.25, 0.3) is 0 Å². The number of amides is 1. The molecule has 1 aromatic carbocycles. The number of rotatable bonds is 6. The average Bonchev–Trinajstić information content (AvgIpc) is 3.01. The molecule has 9 heteroatoms. The third-order valence-electron chi connectivity index (χ3n) is 3.77. The maximum Gasteiger partial charge on any atom is 0.442 e. The zero-order valence-corrected chi connectivity index (χ0v) is 14.3. The van der Waals surface area contributed by atoms with Gasteiger partial charge in [-0.25, -0.2) is 4.39 Å². The van der Waals surface area contributed by atoms with Crippen molar-refractivity contribution in [1.29, 1.82) is 0 Å². The Labute approximate surface area is 146 Å². The van der Waals surface area contributed by atoms with E-state index in [0.717, 1.165) is 25.9 Å². The Morgan fingerprint density at radius 1 is 1.33 bits per heavy atom. The largest absolute Gasteiger partial charge is 0.442 e. The van der Waals surface area contributed by atoms with Crippen molar-refractivity contribution in [2.24, 2.45) is 0 Å². The van der Waals surface area contributed by atoms with Crippen LogP contribution in [0.3, 0.4) is 0 Å². The lowest BCUT2D eigenvalue weighted by Gasteiger charge is -2.29. The highest BCUT2D eigenvalue weighted by Gasteiger charge is 2.31. The maximum atomic E-state index is 14.2. The number of halogens is 5. The van der Waals surface area contributed by atoms with E-state index in [2.05, 4.69) is 5.32 Å². The van der Waals surface area contributed by atoms with Gasteiger partial charge in [-0.2, -0.15) is 13.2 Å². The second-order valence-electron chi connectivity index (χ2n) is 5.43. The number of nitrogens with zero attached hydrogens (tertiary/aromatic N) is 1. The van der Waals surface area contributed by atoms with Gasteiger partial charge in [0, 0.05) is 17.1 Å². The van der Waals surface area contributed by atoms with Crippen LogP contribution in [-0.4, -0.2) is 41.7 Å². The number of likely N-dealkylation sites (tertiary alicyclic amines) is 1. The molecule has 0 aromatic heterocycles. The molecule has 1 aliphatic rings. The van der Waals surface area contributed by atoms with Crippen LogP contribution in [0.1, 0.15) is 24.4 Å². The van der Waals surface area contributed by atoms with Crippen LogP contribution in [0.15, 0.2) is 18.2 Å². The van der Waals surface area contributed by atoms with Gasteiger partial charge in [0.2, 0.25) is 5.91 Å². The van der Waals surface area contributed by atoms with Crippen molar-refractivity contribution >= 4 is 29.3 Å². The topological polar surface area (TPSA) is 32.3 Å². The molecular formula is C15H17ClF4N2OS. The summed E-state index contributed by atoms with van der Waals surface area (Å²) in [5.41, 5.74) is -4.19. The Morgan fingerprint density at radius 3 is 2.58 bits per heavy atom. The number of alkyl halides is 3. The van der Waals surface area contributed by atoms with Gasteiger partial charge in [0.05, 0.1) is 11.8 Å². The van der Waals surface area contributed by atoms with Gasteiger partial charge in [-0.3, -0.25) is 9.69 Å². The fourth-order valence-electron chi connectivity index (χ4n) is 2.70. The monoisotopic (exact) mass is 384 g/mol. The summed E-state index contributed by atoms with van der Waals surface area (Å²) in [6.45, 7) is 1.46. The Kier molecular flexibility index (Phi) is 6.77. The average molecular weight is 385 g/mol. The van der Waals surface area contributed by atoms with Crippen molar-refractivity contribution in [1.82, 2.24) is 10.2 Å². The van der Waals surface area contributed by atoms with Crippen LogP contribution in [-0.2, 0) is 4.79 Å². The predicted molar refractivity (Wildman–Crippen MR) is 86.5 cm³/mol. The molecule has 0 spiro atoms. The predicted octanol–water partition coefficient (Wildman–Crippen LogP) is 3.99. The van der Waals surface area contributed by atoms with E-state index >= 15 is 0 Å². The number of hydrogen-bond donors (Lipinski definition) is 1. The zero-order valence-electron chi connectivity index (χ0n) is 12.7. The van der Waals surface area contributed by atoms with Crippen LogP contribution >= 0.6 is 23.4 Å². The summed E-state index contributed by atoms with van der Waals surface area (Å²) >= 11 is 5.71. The highest BCUT2D eigenvalue weighted by Crippen LogP contribution is 2.32. The number of nitrogens with one attached hydrogen (secondary N) is 1. The first-order valence-corrected chi connectivity index (χ1v) is 8.79. The molecule has 0 bridgehead atoms. The van der Waals surface area contributed by atoms with E-state index < -0.39 is 40.8 Å². The van der Waals surface area contributed by atoms with Gasteiger partial charge >= 0.3 is 5.51 Å². The molecule has 134 valence electrons. The van der Waals surface area contributed by atoms with E-state index in [1.165, 1.54) is 12.1 Å². The van der Waals surface area contributed by atoms with Crippen molar-refractivity contribution in [3.63, 3.8) is 0 Å². The number of carbonyl (C=O) groups is 1. The molecule has 0 aliphatic carbocycles. The lowest BCUT2D eigenvalue weighted by molar-refractivity contribution is -0.119. The molecule has 1 N–H and O–H groups in total. The first-order chi connectivity index (χ1) is 11.3. The van der Waals surface area contributed by atoms with E-state index in [1.54, 1.807) is 6.07 Å². The molecule has 1 amide bonds. The highest BCUT2D eigenvalue weighted by atomic mass is 35.5. The van der Waals surface area contributed by atoms with E-state index in [0.29, 0.717) is 0 Å². The van der Waals surface area contributed by atoms with Crippen LogP contribution in [0.5, 0.6) is 0 Å². The van der Waals surface area contributed by atoms with Crippen molar-refractivity contribution in [3.05, 3.63) is 34.6 Å². The Balaban J connectivity index is 2.06. The van der Waals surface area contributed by atoms with Crippen LogP contribution in [0, 0.1) is 5.82 Å². The summed E-state index contributed by atoms with van der Waals surface area (Å²) in [7, 11) is 0. The second-order valence-corrected chi connectivity index (χ2v) is 6.88. The normalized spacial score (nSPS) is 17.0.